The Hall–Kier alpha value is -1.82. The van der Waals surface area contributed by atoms with Gasteiger partial charge in [0, 0.05) is 5.38 Å². The predicted molar refractivity (Wildman–Crippen MR) is 56.6 cm³/mol. The molecular weight excluding hydrogens is 231 g/mol. The van der Waals surface area contributed by atoms with Crippen molar-refractivity contribution in [2.45, 2.75) is 6.42 Å². The fourth-order valence-corrected chi connectivity index (χ4v) is 1.95. The highest BCUT2D eigenvalue weighted by atomic mass is 32.1. The Morgan fingerprint density at radius 2 is 2.25 bits per heavy atom. The summed E-state index contributed by atoms with van der Waals surface area (Å²) >= 11 is 1.25. The van der Waals surface area contributed by atoms with Crippen LogP contribution < -0.4 is 0 Å². The van der Waals surface area contributed by atoms with E-state index in [1.807, 2.05) is 0 Å². The predicted octanol–water partition coefficient (Wildman–Crippen LogP) is 1.97. The molecule has 4 nitrogen and oxygen atoms in total. The molecule has 0 unspecified atom stereocenters. The summed E-state index contributed by atoms with van der Waals surface area (Å²) in [4.78, 5) is 18.4. The summed E-state index contributed by atoms with van der Waals surface area (Å²) < 4.78 is 12.6. The molecular formula is C10H7FN2O2S. The minimum absolute atomic E-state index is 0.105. The number of hydrogen-bond acceptors (Lipinski definition) is 4. The minimum Gasteiger partial charge on any atom is -0.481 e. The first-order chi connectivity index (χ1) is 7.65. The Bertz CT molecular complexity index is 510. The topological polar surface area (TPSA) is 63.1 Å². The first-order valence-corrected chi connectivity index (χ1v) is 5.31. The summed E-state index contributed by atoms with van der Waals surface area (Å²) in [5.41, 5.74) is 1.11. The molecule has 6 heteroatoms. The molecule has 0 saturated heterocycles. The van der Waals surface area contributed by atoms with E-state index < -0.39 is 11.8 Å². The standard InChI is InChI=1S/C10H7FN2O2S/c11-6-1-2-7(12-4-6)8-5-16-9(13-8)3-10(14)15/h1-2,4-5H,3H2,(H,14,15). The molecule has 2 rings (SSSR count). The van der Waals surface area contributed by atoms with E-state index in [9.17, 15) is 9.18 Å². The molecule has 0 bridgehead atoms. The third kappa shape index (κ3) is 2.40. The van der Waals surface area contributed by atoms with E-state index >= 15 is 0 Å². The van der Waals surface area contributed by atoms with Crippen molar-refractivity contribution in [2.75, 3.05) is 0 Å². The van der Waals surface area contributed by atoms with Gasteiger partial charge in [-0.25, -0.2) is 9.37 Å². The van der Waals surface area contributed by atoms with Gasteiger partial charge in [-0.3, -0.25) is 9.78 Å². The first-order valence-electron chi connectivity index (χ1n) is 4.43. The normalized spacial score (nSPS) is 10.3. The molecule has 0 aromatic carbocycles. The number of rotatable bonds is 3. The van der Waals surface area contributed by atoms with Gasteiger partial charge in [-0.05, 0) is 12.1 Å². The molecule has 2 aromatic heterocycles. The van der Waals surface area contributed by atoms with Gasteiger partial charge in [0.1, 0.15) is 10.8 Å². The minimum atomic E-state index is -0.923. The molecule has 16 heavy (non-hydrogen) atoms. The van der Waals surface area contributed by atoms with Gasteiger partial charge in [0.15, 0.2) is 0 Å². The Labute approximate surface area is 94.4 Å². The molecule has 0 radical (unpaired) electrons. The Morgan fingerprint density at radius 1 is 1.44 bits per heavy atom. The fourth-order valence-electron chi connectivity index (χ4n) is 1.17. The van der Waals surface area contributed by atoms with E-state index in [1.165, 1.54) is 23.5 Å². The second-order valence-corrected chi connectivity index (χ2v) is 4.00. The second kappa shape index (κ2) is 4.36. The molecule has 1 N–H and O–H groups in total. The average molecular weight is 238 g/mol. The number of aliphatic carboxylic acids is 1. The van der Waals surface area contributed by atoms with Gasteiger partial charge < -0.3 is 5.11 Å². The molecule has 0 amide bonds. The molecule has 2 heterocycles. The molecule has 0 aliphatic carbocycles. The van der Waals surface area contributed by atoms with Gasteiger partial charge in [0.25, 0.3) is 0 Å². The number of hydrogen-bond donors (Lipinski definition) is 1. The van der Waals surface area contributed by atoms with Crippen LogP contribution in [0.4, 0.5) is 4.39 Å². The van der Waals surface area contributed by atoms with Crippen LogP contribution in [0.2, 0.25) is 0 Å². The van der Waals surface area contributed by atoms with E-state index in [0.29, 0.717) is 16.4 Å². The van der Waals surface area contributed by atoms with E-state index in [-0.39, 0.29) is 6.42 Å². The van der Waals surface area contributed by atoms with Gasteiger partial charge in [-0.1, -0.05) is 0 Å². The van der Waals surface area contributed by atoms with Crippen molar-refractivity contribution in [2.24, 2.45) is 0 Å². The van der Waals surface area contributed by atoms with Crippen molar-refractivity contribution >= 4 is 17.3 Å². The van der Waals surface area contributed by atoms with Crippen LogP contribution in [0.3, 0.4) is 0 Å². The lowest BCUT2D eigenvalue weighted by atomic mass is 10.3. The lowest BCUT2D eigenvalue weighted by Crippen LogP contribution is -1.99. The van der Waals surface area contributed by atoms with E-state index in [4.69, 9.17) is 5.11 Å². The molecule has 0 saturated carbocycles. The quantitative estimate of drug-likeness (QED) is 0.888. The van der Waals surface area contributed by atoms with Crippen LogP contribution in [-0.4, -0.2) is 21.0 Å². The van der Waals surface area contributed by atoms with E-state index in [1.54, 1.807) is 5.38 Å². The summed E-state index contributed by atoms with van der Waals surface area (Å²) in [6.45, 7) is 0. The van der Waals surface area contributed by atoms with Crippen LogP contribution in [0.5, 0.6) is 0 Å². The van der Waals surface area contributed by atoms with Crippen LogP contribution in [-0.2, 0) is 11.2 Å². The van der Waals surface area contributed by atoms with Crippen LogP contribution >= 0.6 is 11.3 Å². The van der Waals surface area contributed by atoms with Crippen LogP contribution in [0.15, 0.2) is 23.7 Å². The summed E-state index contributed by atoms with van der Waals surface area (Å²) in [5, 5.41) is 10.8. The highest BCUT2D eigenvalue weighted by molar-refractivity contribution is 7.10. The van der Waals surface area contributed by atoms with Crippen molar-refractivity contribution in [1.82, 2.24) is 9.97 Å². The molecule has 0 spiro atoms. The number of carboxylic acids is 1. The maximum absolute atomic E-state index is 12.6. The second-order valence-electron chi connectivity index (χ2n) is 3.06. The fraction of sp³-hybridized carbons (Fsp3) is 0.100. The van der Waals surface area contributed by atoms with Crippen LogP contribution in [0.1, 0.15) is 5.01 Å². The number of halogens is 1. The van der Waals surface area contributed by atoms with Crippen LogP contribution in [0.25, 0.3) is 11.4 Å². The number of thiazole rings is 1. The third-order valence-corrected chi connectivity index (χ3v) is 2.69. The third-order valence-electron chi connectivity index (χ3n) is 1.84. The van der Waals surface area contributed by atoms with E-state index in [0.717, 1.165) is 6.20 Å². The Balaban J connectivity index is 2.24. The van der Waals surface area contributed by atoms with Crippen LogP contribution in [0, 0.1) is 5.82 Å². The highest BCUT2D eigenvalue weighted by Gasteiger charge is 2.08. The zero-order valence-corrected chi connectivity index (χ0v) is 8.87. The summed E-state index contributed by atoms with van der Waals surface area (Å²) in [7, 11) is 0. The van der Waals surface area contributed by atoms with Gasteiger partial charge in [-0.15, -0.1) is 11.3 Å². The summed E-state index contributed by atoms with van der Waals surface area (Å²) in [6, 6.07) is 2.80. The summed E-state index contributed by atoms with van der Waals surface area (Å²) in [6.07, 6.45) is 0.997. The SMILES string of the molecule is O=C(O)Cc1nc(-c2ccc(F)cn2)cs1. The zero-order valence-electron chi connectivity index (χ0n) is 8.05. The Morgan fingerprint density at radius 3 is 2.88 bits per heavy atom. The van der Waals surface area contributed by atoms with Gasteiger partial charge in [0.05, 0.1) is 24.0 Å². The number of pyridine rings is 1. The largest absolute Gasteiger partial charge is 0.481 e. The average Bonchev–Trinajstić information content (AvgIpc) is 2.66. The number of carboxylic acid groups (broad SMARTS) is 1. The molecule has 82 valence electrons. The number of carbonyl (C=O) groups is 1. The molecule has 0 atom stereocenters. The summed E-state index contributed by atoms with van der Waals surface area (Å²) in [5.74, 6) is -1.34. The van der Waals surface area contributed by atoms with Crippen molar-refractivity contribution in [3.63, 3.8) is 0 Å². The maximum Gasteiger partial charge on any atom is 0.310 e. The zero-order chi connectivity index (χ0) is 11.5. The lowest BCUT2D eigenvalue weighted by molar-refractivity contribution is -0.136. The lowest BCUT2D eigenvalue weighted by Gasteiger charge is -1.94. The van der Waals surface area contributed by atoms with Gasteiger partial charge in [-0.2, -0.15) is 0 Å². The maximum atomic E-state index is 12.6. The number of aromatic nitrogens is 2. The first kappa shape index (κ1) is 10.7. The monoisotopic (exact) mass is 238 g/mol. The molecule has 0 aliphatic rings. The van der Waals surface area contributed by atoms with Crippen molar-refractivity contribution < 1.29 is 14.3 Å². The molecule has 0 aliphatic heterocycles. The van der Waals surface area contributed by atoms with Crippen molar-refractivity contribution in [3.05, 3.63) is 34.5 Å². The Kier molecular flexibility index (Phi) is 2.91. The smallest absolute Gasteiger partial charge is 0.310 e. The molecule has 0 fully saturated rings. The van der Waals surface area contributed by atoms with Gasteiger partial charge >= 0.3 is 5.97 Å². The van der Waals surface area contributed by atoms with Gasteiger partial charge in [0.2, 0.25) is 0 Å². The van der Waals surface area contributed by atoms with Crippen molar-refractivity contribution in [3.8, 4) is 11.4 Å². The number of nitrogens with zero attached hydrogens (tertiary/aromatic N) is 2. The van der Waals surface area contributed by atoms with E-state index in [2.05, 4.69) is 9.97 Å². The van der Waals surface area contributed by atoms with Crippen molar-refractivity contribution in [1.29, 1.82) is 0 Å². The highest BCUT2D eigenvalue weighted by Crippen LogP contribution is 2.20. The molecule has 2 aromatic rings.